The number of ether oxygens (including phenoxy) is 1. The molecule has 1 atom stereocenters. The smallest absolute Gasteiger partial charge is 0.264 e. The molecule has 2 N–H and O–H groups in total. The fourth-order valence-electron chi connectivity index (χ4n) is 2.19. The zero-order valence-electron chi connectivity index (χ0n) is 11.4. The van der Waals surface area contributed by atoms with Crippen LogP contribution in [0.2, 0.25) is 0 Å². The van der Waals surface area contributed by atoms with E-state index in [1.54, 1.807) is 9.80 Å². The molecule has 1 aromatic rings. The van der Waals surface area contributed by atoms with E-state index in [4.69, 9.17) is 10.5 Å². The monoisotopic (exact) mass is 297 g/mol. The van der Waals surface area contributed by atoms with Gasteiger partial charge in [0.05, 0.1) is 4.88 Å². The first kappa shape index (κ1) is 15.0. The Bertz CT molecular complexity index is 451. The summed E-state index contributed by atoms with van der Waals surface area (Å²) in [6.45, 7) is 2.31. The van der Waals surface area contributed by atoms with E-state index in [0.717, 1.165) is 4.88 Å². The quantitative estimate of drug-likeness (QED) is 0.849. The van der Waals surface area contributed by atoms with Crippen molar-refractivity contribution in [3.8, 4) is 0 Å². The number of thiophene rings is 1. The Morgan fingerprint density at radius 2 is 2.00 bits per heavy atom. The summed E-state index contributed by atoms with van der Waals surface area (Å²) in [7, 11) is 1.48. The third-order valence-electron chi connectivity index (χ3n) is 3.38. The van der Waals surface area contributed by atoms with Gasteiger partial charge in [-0.15, -0.1) is 11.3 Å². The van der Waals surface area contributed by atoms with Crippen LogP contribution in [0.4, 0.5) is 0 Å². The van der Waals surface area contributed by atoms with Gasteiger partial charge >= 0.3 is 0 Å². The highest BCUT2D eigenvalue weighted by molar-refractivity contribution is 7.12. The highest BCUT2D eigenvalue weighted by Crippen LogP contribution is 2.14. The van der Waals surface area contributed by atoms with Gasteiger partial charge in [0, 0.05) is 39.8 Å². The summed E-state index contributed by atoms with van der Waals surface area (Å²) in [5.41, 5.74) is 5.49. The van der Waals surface area contributed by atoms with E-state index >= 15 is 0 Å². The Kier molecular flexibility index (Phi) is 5.11. The van der Waals surface area contributed by atoms with Crippen molar-refractivity contribution >= 4 is 23.2 Å². The van der Waals surface area contributed by atoms with Crippen molar-refractivity contribution in [3.63, 3.8) is 0 Å². The minimum absolute atomic E-state index is 0.0363. The van der Waals surface area contributed by atoms with E-state index < -0.39 is 6.10 Å². The zero-order chi connectivity index (χ0) is 14.5. The molecule has 0 aliphatic carbocycles. The fraction of sp³-hybridized carbons (Fsp3) is 0.538. The summed E-state index contributed by atoms with van der Waals surface area (Å²) >= 11 is 1.44. The summed E-state index contributed by atoms with van der Waals surface area (Å²) in [4.78, 5) is 28.5. The molecule has 0 radical (unpaired) electrons. The highest BCUT2D eigenvalue weighted by Gasteiger charge is 2.28. The zero-order valence-corrected chi connectivity index (χ0v) is 12.3. The normalized spacial score (nSPS) is 17.1. The van der Waals surface area contributed by atoms with Crippen LogP contribution in [0.5, 0.6) is 0 Å². The molecule has 1 fully saturated rings. The maximum absolute atomic E-state index is 12.2. The molecule has 1 aromatic heterocycles. The van der Waals surface area contributed by atoms with Crippen LogP contribution in [0.3, 0.4) is 0 Å². The first-order chi connectivity index (χ1) is 9.67. The van der Waals surface area contributed by atoms with Crippen molar-refractivity contribution < 1.29 is 14.3 Å². The van der Waals surface area contributed by atoms with Crippen LogP contribution < -0.4 is 5.73 Å². The molecule has 6 nitrogen and oxygen atoms in total. The van der Waals surface area contributed by atoms with Crippen LogP contribution in [-0.4, -0.2) is 67.6 Å². The average molecular weight is 297 g/mol. The molecule has 1 saturated heterocycles. The summed E-state index contributed by atoms with van der Waals surface area (Å²) in [6.07, 6.45) is -0.588. The molecular weight excluding hydrogens is 278 g/mol. The predicted octanol–water partition coefficient (Wildman–Crippen LogP) is 0.00620. The number of carbonyl (C=O) groups is 2. The van der Waals surface area contributed by atoms with Crippen molar-refractivity contribution in [2.75, 3.05) is 39.8 Å². The molecule has 20 heavy (non-hydrogen) atoms. The number of piperazine rings is 1. The molecule has 1 unspecified atom stereocenters. The maximum Gasteiger partial charge on any atom is 0.264 e. The molecule has 110 valence electrons. The second-order valence-electron chi connectivity index (χ2n) is 4.55. The predicted molar refractivity (Wildman–Crippen MR) is 76.7 cm³/mol. The first-order valence-electron chi connectivity index (χ1n) is 6.51. The number of methoxy groups -OCH3 is 1. The van der Waals surface area contributed by atoms with Gasteiger partial charge in [0.2, 0.25) is 0 Å². The summed E-state index contributed by atoms with van der Waals surface area (Å²) < 4.78 is 5.05. The van der Waals surface area contributed by atoms with Crippen LogP contribution >= 0.6 is 11.3 Å². The summed E-state index contributed by atoms with van der Waals surface area (Å²) in [5.74, 6) is -0.0626. The molecule has 1 aliphatic rings. The van der Waals surface area contributed by atoms with Gasteiger partial charge in [0.15, 0.2) is 0 Å². The second-order valence-corrected chi connectivity index (χ2v) is 5.50. The number of amides is 2. The Morgan fingerprint density at radius 3 is 2.50 bits per heavy atom. The largest absolute Gasteiger partial charge is 0.370 e. The van der Waals surface area contributed by atoms with Crippen molar-refractivity contribution in [1.29, 1.82) is 0 Å². The lowest BCUT2D eigenvalue weighted by Crippen LogP contribution is -2.54. The van der Waals surface area contributed by atoms with Crippen molar-refractivity contribution in [2.24, 2.45) is 5.73 Å². The standard InChI is InChI=1S/C13H19N3O3S/c1-19-10(9-14)12(17)15-4-6-16(7-5-15)13(18)11-3-2-8-20-11/h2-3,8,10H,4-7,9,14H2,1H3. The van der Waals surface area contributed by atoms with Crippen LogP contribution in [0.25, 0.3) is 0 Å². The van der Waals surface area contributed by atoms with Gasteiger partial charge in [0.25, 0.3) is 11.8 Å². The molecule has 7 heteroatoms. The van der Waals surface area contributed by atoms with Gasteiger partial charge in [-0.05, 0) is 11.4 Å². The number of hydrogen-bond acceptors (Lipinski definition) is 5. The molecule has 1 aliphatic heterocycles. The van der Waals surface area contributed by atoms with E-state index in [9.17, 15) is 9.59 Å². The lowest BCUT2D eigenvalue weighted by atomic mass is 10.2. The number of carbonyl (C=O) groups excluding carboxylic acids is 2. The van der Waals surface area contributed by atoms with E-state index in [1.807, 2.05) is 17.5 Å². The minimum Gasteiger partial charge on any atom is -0.370 e. The third-order valence-corrected chi connectivity index (χ3v) is 4.24. The third kappa shape index (κ3) is 3.17. The molecule has 2 heterocycles. The Morgan fingerprint density at radius 1 is 1.35 bits per heavy atom. The van der Waals surface area contributed by atoms with Gasteiger partial charge in [-0.25, -0.2) is 0 Å². The van der Waals surface area contributed by atoms with E-state index in [-0.39, 0.29) is 18.4 Å². The van der Waals surface area contributed by atoms with Crippen molar-refractivity contribution in [1.82, 2.24) is 9.80 Å². The van der Waals surface area contributed by atoms with E-state index in [0.29, 0.717) is 26.2 Å². The first-order valence-corrected chi connectivity index (χ1v) is 7.39. The molecule has 0 bridgehead atoms. The van der Waals surface area contributed by atoms with Crippen LogP contribution in [0.1, 0.15) is 9.67 Å². The molecule has 0 saturated carbocycles. The number of rotatable bonds is 4. The highest BCUT2D eigenvalue weighted by atomic mass is 32.1. The summed E-state index contributed by atoms with van der Waals surface area (Å²) in [5, 5.41) is 1.89. The Balaban J connectivity index is 1.89. The average Bonchev–Trinajstić information content (AvgIpc) is 3.02. The van der Waals surface area contributed by atoms with Gasteiger partial charge in [-0.2, -0.15) is 0 Å². The maximum atomic E-state index is 12.2. The van der Waals surface area contributed by atoms with Crippen molar-refractivity contribution in [3.05, 3.63) is 22.4 Å². The SMILES string of the molecule is COC(CN)C(=O)N1CCN(C(=O)c2cccs2)CC1. The van der Waals surface area contributed by atoms with Gasteiger partial charge in [-0.1, -0.05) is 6.07 Å². The Hall–Kier alpha value is -1.44. The molecule has 2 rings (SSSR count). The van der Waals surface area contributed by atoms with Crippen LogP contribution in [0, 0.1) is 0 Å². The number of nitrogens with zero attached hydrogens (tertiary/aromatic N) is 2. The van der Waals surface area contributed by atoms with Gasteiger partial charge < -0.3 is 20.3 Å². The number of hydrogen-bond donors (Lipinski definition) is 1. The van der Waals surface area contributed by atoms with Crippen LogP contribution in [0.15, 0.2) is 17.5 Å². The van der Waals surface area contributed by atoms with Gasteiger partial charge in [0.1, 0.15) is 6.10 Å². The van der Waals surface area contributed by atoms with Crippen LogP contribution in [-0.2, 0) is 9.53 Å². The van der Waals surface area contributed by atoms with E-state index in [2.05, 4.69) is 0 Å². The lowest BCUT2D eigenvalue weighted by molar-refractivity contribution is -0.142. The minimum atomic E-state index is -0.588. The molecular formula is C13H19N3O3S. The van der Waals surface area contributed by atoms with Gasteiger partial charge in [-0.3, -0.25) is 9.59 Å². The molecule has 0 spiro atoms. The molecule has 2 amide bonds. The molecule has 0 aromatic carbocycles. The second kappa shape index (κ2) is 6.83. The number of nitrogens with two attached hydrogens (primary N) is 1. The van der Waals surface area contributed by atoms with E-state index in [1.165, 1.54) is 18.4 Å². The van der Waals surface area contributed by atoms with Crippen molar-refractivity contribution in [2.45, 2.75) is 6.10 Å². The lowest BCUT2D eigenvalue weighted by Gasteiger charge is -2.35. The Labute approximate surface area is 122 Å². The summed E-state index contributed by atoms with van der Waals surface area (Å²) in [6, 6.07) is 3.68. The fourth-order valence-corrected chi connectivity index (χ4v) is 2.88. The topological polar surface area (TPSA) is 75.9 Å².